The summed E-state index contributed by atoms with van der Waals surface area (Å²) >= 11 is 0. The van der Waals surface area contributed by atoms with E-state index in [4.69, 9.17) is 0 Å². The first kappa shape index (κ1) is 10.8. The van der Waals surface area contributed by atoms with Gasteiger partial charge in [0.05, 0.1) is 5.56 Å². The number of ketones is 1. The zero-order valence-electron chi connectivity index (χ0n) is 8.23. The maximum absolute atomic E-state index is 11.3. The fourth-order valence-electron chi connectivity index (χ4n) is 1.08. The summed E-state index contributed by atoms with van der Waals surface area (Å²) in [6, 6.07) is 3.10. The highest BCUT2D eigenvalue weighted by atomic mass is 32.2. The largest absolute Gasteiger partial charge is 0.294 e. The Hall–Kier alpha value is -1.23. The van der Waals surface area contributed by atoms with Gasteiger partial charge in [0.25, 0.3) is 0 Å². The van der Waals surface area contributed by atoms with E-state index in [0.29, 0.717) is 5.69 Å². The average molecular weight is 213 g/mol. The molecule has 4 nitrogen and oxygen atoms in total. The second-order valence-corrected chi connectivity index (χ2v) is 5.06. The highest BCUT2D eigenvalue weighted by molar-refractivity contribution is 7.90. The number of aryl methyl sites for hydroxylation is 1. The molecule has 0 aliphatic carbocycles. The van der Waals surface area contributed by atoms with E-state index in [1.165, 1.54) is 13.0 Å². The van der Waals surface area contributed by atoms with Crippen molar-refractivity contribution >= 4 is 15.6 Å². The van der Waals surface area contributed by atoms with E-state index in [1.54, 1.807) is 13.0 Å². The van der Waals surface area contributed by atoms with Crippen LogP contribution in [0.3, 0.4) is 0 Å². The number of pyridine rings is 1. The minimum atomic E-state index is -3.43. The molecular formula is C9H11NO3S. The van der Waals surface area contributed by atoms with E-state index >= 15 is 0 Å². The lowest BCUT2D eigenvalue weighted by Crippen LogP contribution is -2.09. The van der Waals surface area contributed by atoms with Crippen molar-refractivity contribution in [2.75, 3.05) is 6.26 Å². The van der Waals surface area contributed by atoms with Gasteiger partial charge in [-0.3, -0.25) is 4.79 Å². The van der Waals surface area contributed by atoms with E-state index in [1.807, 2.05) is 0 Å². The van der Waals surface area contributed by atoms with E-state index in [0.717, 1.165) is 6.26 Å². The first-order valence-corrected chi connectivity index (χ1v) is 5.90. The molecule has 0 bridgehead atoms. The molecule has 1 heterocycles. The van der Waals surface area contributed by atoms with Gasteiger partial charge in [0.2, 0.25) is 0 Å². The summed E-state index contributed by atoms with van der Waals surface area (Å²) in [6.45, 7) is 3.00. The van der Waals surface area contributed by atoms with Crippen LogP contribution in [0.25, 0.3) is 0 Å². The maximum Gasteiger partial charge on any atom is 0.193 e. The van der Waals surface area contributed by atoms with E-state index in [9.17, 15) is 13.2 Å². The van der Waals surface area contributed by atoms with Crippen LogP contribution < -0.4 is 0 Å². The number of carbonyl (C=O) groups excluding carboxylic acids is 1. The molecule has 1 rings (SSSR count). The van der Waals surface area contributed by atoms with Crippen LogP contribution in [0.5, 0.6) is 0 Å². The van der Waals surface area contributed by atoms with Crippen molar-refractivity contribution in [2.45, 2.75) is 18.9 Å². The van der Waals surface area contributed by atoms with Gasteiger partial charge in [-0.2, -0.15) is 0 Å². The summed E-state index contributed by atoms with van der Waals surface area (Å²) < 4.78 is 22.6. The second-order valence-electron chi connectivity index (χ2n) is 3.13. The standard InChI is InChI=1S/C9H11NO3S/c1-6-4-5-8(7(2)11)9(10-6)14(3,12)13/h4-5H,1-3H3. The molecule has 1 aromatic heterocycles. The Bertz CT molecular complexity index is 477. The zero-order valence-corrected chi connectivity index (χ0v) is 9.05. The Labute approximate surface area is 82.9 Å². The minimum absolute atomic E-state index is 0.134. The van der Waals surface area contributed by atoms with Crippen LogP contribution in [-0.4, -0.2) is 25.4 Å². The summed E-state index contributed by atoms with van der Waals surface area (Å²) in [5.41, 5.74) is 0.730. The van der Waals surface area contributed by atoms with E-state index in [2.05, 4.69) is 4.98 Å². The molecule has 0 spiro atoms. The topological polar surface area (TPSA) is 64.1 Å². The van der Waals surface area contributed by atoms with Crippen molar-refractivity contribution in [3.8, 4) is 0 Å². The maximum atomic E-state index is 11.3. The predicted molar refractivity (Wildman–Crippen MR) is 52.1 cm³/mol. The SMILES string of the molecule is CC(=O)c1ccc(C)nc1S(C)(=O)=O. The Morgan fingerprint density at radius 2 is 1.93 bits per heavy atom. The lowest BCUT2D eigenvalue weighted by molar-refractivity contribution is 0.101. The monoisotopic (exact) mass is 213 g/mol. The molecule has 14 heavy (non-hydrogen) atoms. The molecule has 0 aromatic carbocycles. The van der Waals surface area contributed by atoms with Gasteiger partial charge >= 0.3 is 0 Å². The van der Waals surface area contributed by atoms with Crippen molar-refractivity contribution in [3.63, 3.8) is 0 Å². The van der Waals surface area contributed by atoms with E-state index < -0.39 is 9.84 Å². The average Bonchev–Trinajstić information content (AvgIpc) is 2.01. The fraction of sp³-hybridized carbons (Fsp3) is 0.333. The fourth-order valence-corrected chi connectivity index (χ4v) is 2.00. The number of hydrogen-bond acceptors (Lipinski definition) is 4. The molecule has 0 amide bonds. The Balaban J connectivity index is 3.54. The molecular weight excluding hydrogens is 202 g/mol. The van der Waals surface area contributed by atoms with Gasteiger partial charge in [-0.05, 0) is 26.0 Å². The van der Waals surface area contributed by atoms with Crippen molar-refractivity contribution in [2.24, 2.45) is 0 Å². The molecule has 0 aliphatic heterocycles. The smallest absolute Gasteiger partial charge is 0.193 e. The third-order valence-corrected chi connectivity index (χ3v) is 2.74. The first-order chi connectivity index (χ1) is 6.32. The molecule has 0 atom stereocenters. The molecule has 0 saturated heterocycles. The third kappa shape index (κ3) is 2.17. The van der Waals surface area contributed by atoms with Crippen molar-refractivity contribution in [1.29, 1.82) is 0 Å². The van der Waals surface area contributed by atoms with Crippen LogP contribution in [-0.2, 0) is 9.84 Å². The van der Waals surface area contributed by atoms with Crippen LogP contribution >= 0.6 is 0 Å². The molecule has 0 N–H and O–H groups in total. The van der Waals surface area contributed by atoms with Crippen LogP contribution in [0.2, 0.25) is 0 Å². The van der Waals surface area contributed by atoms with Gasteiger partial charge in [-0.1, -0.05) is 0 Å². The number of sulfone groups is 1. The highest BCUT2D eigenvalue weighted by Crippen LogP contribution is 2.14. The van der Waals surface area contributed by atoms with Gasteiger partial charge in [0.15, 0.2) is 20.6 Å². The highest BCUT2D eigenvalue weighted by Gasteiger charge is 2.17. The molecule has 0 aliphatic rings. The lowest BCUT2D eigenvalue weighted by atomic mass is 10.2. The number of hydrogen-bond donors (Lipinski definition) is 0. The summed E-state index contributed by atoms with van der Waals surface area (Å²) in [6.07, 6.45) is 1.04. The summed E-state index contributed by atoms with van der Waals surface area (Å²) in [5.74, 6) is -0.294. The van der Waals surface area contributed by atoms with Gasteiger partial charge in [0.1, 0.15) is 0 Å². The lowest BCUT2D eigenvalue weighted by Gasteiger charge is -2.04. The van der Waals surface area contributed by atoms with Crippen molar-refractivity contribution < 1.29 is 13.2 Å². The molecule has 0 unspecified atom stereocenters. The molecule has 76 valence electrons. The Kier molecular flexibility index (Phi) is 2.71. The minimum Gasteiger partial charge on any atom is -0.294 e. The van der Waals surface area contributed by atoms with Crippen LogP contribution in [0, 0.1) is 6.92 Å². The normalized spacial score (nSPS) is 11.4. The summed E-state index contributed by atoms with van der Waals surface area (Å²) in [4.78, 5) is 15.0. The van der Waals surface area contributed by atoms with Crippen LogP contribution in [0.1, 0.15) is 23.0 Å². The second kappa shape index (κ2) is 3.49. The van der Waals surface area contributed by atoms with Gasteiger partial charge in [-0.15, -0.1) is 0 Å². The van der Waals surface area contributed by atoms with Gasteiger partial charge < -0.3 is 0 Å². The summed E-state index contributed by atoms with van der Waals surface area (Å²) in [5, 5.41) is -0.134. The van der Waals surface area contributed by atoms with E-state index in [-0.39, 0.29) is 16.4 Å². The quantitative estimate of drug-likeness (QED) is 0.687. The Morgan fingerprint density at radius 1 is 1.36 bits per heavy atom. The number of nitrogens with zero attached hydrogens (tertiary/aromatic N) is 1. The molecule has 5 heteroatoms. The van der Waals surface area contributed by atoms with Crippen molar-refractivity contribution in [1.82, 2.24) is 4.98 Å². The third-order valence-electron chi connectivity index (χ3n) is 1.73. The number of rotatable bonds is 2. The number of Topliss-reactive ketones (excluding diaryl/α,β-unsaturated/α-hetero) is 1. The molecule has 0 saturated carbocycles. The number of aromatic nitrogens is 1. The summed E-state index contributed by atoms with van der Waals surface area (Å²) in [7, 11) is -3.43. The van der Waals surface area contributed by atoms with Crippen LogP contribution in [0.4, 0.5) is 0 Å². The zero-order chi connectivity index (χ0) is 10.9. The predicted octanol–water partition coefficient (Wildman–Crippen LogP) is 0.996. The van der Waals surface area contributed by atoms with Gasteiger partial charge in [0, 0.05) is 11.9 Å². The molecule has 0 radical (unpaired) electrons. The first-order valence-electron chi connectivity index (χ1n) is 4.01. The van der Waals surface area contributed by atoms with Gasteiger partial charge in [-0.25, -0.2) is 13.4 Å². The molecule has 1 aromatic rings. The van der Waals surface area contributed by atoms with Crippen LogP contribution in [0.15, 0.2) is 17.2 Å². The molecule has 0 fully saturated rings. The Morgan fingerprint density at radius 3 is 2.36 bits per heavy atom. The van der Waals surface area contributed by atoms with Crippen molar-refractivity contribution in [3.05, 3.63) is 23.4 Å². The number of carbonyl (C=O) groups is 1.